The third kappa shape index (κ3) is 1.56. The molecule has 0 aliphatic heterocycles. The summed E-state index contributed by atoms with van der Waals surface area (Å²) >= 11 is 0. The molecule has 0 aromatic carbocycles. The van der Waals surface area contributed by atoms with Gasteiger partial charge in [-0.1, -0.05) is 6.92 Å². The first-order valence-corrected chi connectivity index (χ1v) is 4.87. The predicted octanol–water partition coefficient (Wildman–Crippen LogP) is 1.18. The first kappa shape index (κ1) is 10.4. The summed E-state index contributed by atoms with van der Waals surface area (Å²) in [7, 11) is 0. The molecule has 2 heterocycles. The number of aromatic nitrogens is 2. The molecule has 2 N–H and O–H groups in total. The van der Waals surface area contributed by atoms with Gasteiger partial charge in [0.05, 0.1) is 5.52 Å². The molecule has 5 nitrogen and oxygen atoms in total. The molecule has 0 atom stereocenters. The number of rotatable bonds is 2. The highest BCUT2D eigenvalue weighted by atomic mass is 16.4. The van der Waals surface area contributed by atoms with Gasteiger partial charge in [0.1, 0.15) is 5.56 Å². The molecular formula is C11H10N2O3. The van der Waals surface area contributed by atoms with Crippen LogP contribution in [0.5, 0.6) is 0 Å². The molecule has 0 aliphatic carbocycles. The molecule has 5 heteroatoms. The Morgan fingerprint density at radius 1 is 1.56 bits per heavy atom. The van der Waals surface area contributed by atoms with Crippen molar-refractivity contribution < 1.29 is 9.90 Å². The van der Waals surface area contributed by atoms with Crippen LogP contribution >= 0.6 is 0 Å². The number of aromatic amines is 1. The van der Waals surface area contributed by atoms with E-state index < -0.39 is 11.5 Å². The van der Waals surface area contributed by atoms with Crippen molar-refractivity contribution in [2.24, 2.45) is 0 Å². The van der Waals surface area contributed by atoms with Crippen molar-refractivity contribution in [3.8, 4) is 0 Å². The van der Waals surface area contributed by atoms with Crippen molar-refractivity contribution in [2.75, 3.05) is 0 Å². The number of carboxylic acids is 1. The first-order chi connectivity index (χ1) is 7.63. The van der Waals surface area contributed by atoms with E-state index in [4.69, 9.17) is 5.11 Å². The van der Waals surface area contributed by atoms with Crippen molar-refractivity contribution >= 4 is 16.9 Å². The van der Waals surface area contributed by atoms with Gasteiger partial charge < -0.3 is 10.1 Å². The Hall–Kier alpha value is -2.17. The van der Waals surface area contributed by atoms with Crippen molar-refractivity contribution in [1.29, 1.82) is 0 Å². The minimum Gasteiger partial charge on any atom is -0.477 e. The van der Waals surface area contributed by atoms with E-state index in [1.807, 2.05) is 6.92 Å². The van der Waals surface area contributed by atoms with E-state index in [2.05, 4.69) is 9.97 Å². The fraction of sp³-hybridized carbons (Fsp3) is 0.182. The van der Waals surface area contributed by atoms with E-state index in [1.54, 1.807) is 12.3 Å². The summed E-state index contributed by atoms with van der Waals surface area (Å²) in [4.78, 5) is 28.9. The number of fused-ring (bicyclic) bond motifs is 1. The molecule has 0 amide bonds. The van der Waals surface area contributed by atoms with E-state index in [-0.39, 0.29) is 5.56 Å². The lowest BCUT2D eigenvalue weighted by molar-refractivity contribution is 0.0695. The lowest BCUT2D eigenvalue weighted by atomic mass is 10.1. The summed E-state index contributed by atoms with van der Waals surface area (Å²) in [6.45, 7) is 1.92. The van der Waals surface area contributed by atoms with Crippen molar-refractivity contribution in [2.45, 2.75) is 13.3 Å². The number of hydrogen-bond acceptors (Lipinski definition) is 3. The van der Waals surface area contributed by atoms with Crippen LogP contribution in [0.4, 0.5) is 0 Å². The van der Waals surface area contributed by atoms with Gasteiger partial charge in [0, 0.05) is 17.3 Å². The molecular weight excluding hydrogens is 208 g/mol. The summed E-state index contributed by atoms with van der Waals surface area (Å²) in [5.74, 6) is -1.23. The van der Waals surface area contributed by atoms with Crippen LogP contribution in [-0.2, 0) is 6.42 Å². The maximum Gasteiger partial charge on any atom is 0.341 e. The van der Waals surface area contributed by atoms with Crippen LogP contribution in [0, 0.1) is 0 Å². The van der Waals surface area contributed by atoms with Crippen LogP contribution in [0.25, 0.3) is 10.9 Å². The Labute approximate surface area is 90.8 Å². The molecule has 0 unspecified atom stereocenters. The highest BCUT2D eigenvalue weighted by Crippen LogP contribution is 2.14. The zero-order valence-corrected chi connectivity index (χ0v) is 8.65. The fourth-order valence-electron chi connectivity index (χ4n) is 1.63. The number of carbonyl (C=O) groups is 1. The maximum absolute atomic E-state index is 11.4. The Kier molecular flexibility index (Phi) is 2.44. The Balaban J connectivity index is 2.85. The van der Waals surface area contributed by atoms with E-state index in [0.29, 0.717) is 17.3 Å². The van der Waals surface area contributed by atoms with Gasteiger partial charge in [-0.2, -0.15) is 0 Å². The highest BCUT2D eigenvalue weighted by Gasteiger charge is 2.11. The summed E-state index contributed by atoms with van der Waals surface area (Å²) in [5, 5.41) is 9.53. The third-order valence-electron chi connectivity index (χ3n) is 2.42. The number of nitrogens with zero attached hydrogens (tertiary/aromatic N) is 1. The van der Waals surface area contributed by atoms with Crippen LogP contribution < -0.4 is 5.56 Å². The molecule has 2 aromatic heterocycles. The minimum absolute atomic E-state index is 0.254. The Morgan fingerprint density at radius 2 is 2.31 bits per heavy atom. The number of pyridine rings is 2. The number of carboxylic acid groups (broad SMARTS) is 1. The van der Waals surface area contributed by atoms with Crippen LogP contribution in [0.1, 0.15) is 23.0 Å². The summed E-state index contributed by atoms with van der Waals surface area (Å²) < 4.78 is 0. The standard InChI is InChI=1S/C11H10N2O3/c1-2-8-6-5-7(11(15)16)10(14)13-9(6)3-4-12-8/h3-5H,2H2,1H3,(H,13,14)(H,15,16). The molecule has 16 heavy (non-hydrogen) atoms. The molecule has 0 aliphatic rings. The van der Waals surface area contributed by atoms with Gasteiger partial charge in [-0.05, 0) is 18.6 Å². The Bertz CT molecular complexity index is 616. The molecule has 0 saturated heterocycles. The first-order valence-electron chi connectivity index (χ1n) is 4.87. The van der Waals surface area contributed by atoms with Gasteiger partial charge in [0.15, 0.2) is 0 Å². The molecule has 0 radical (unpaired) electrons. The Morgan fingerprint density at radius 3 is 2.94 bits per heavy atom. The molecule has 0 fully saturated rings. The van der Waals surface area contributed by atoms with E-state index in [1.165, 1.54) is 6.07 Å². The monoisotopic (exact) mass is 218 g/mol. The average molecular weight is 218 g/mol. The average Bonchev–Trinajstić information content (AvgIpc) is 2.26. The number of aromatic carboxylic acids is 1. The molecule has 82 valence electrons. The second-order valence-electron chi connectivity index (χ2n) is 3.39. The van der Waals surface area contributed by atoms with Gasteiger partial charge in [-0.15, -0.1) is 0 Å². The van der Waals surface area contributed by atoms with Crippen LogP contribution in [-0.4, -0.2) is 21.0 Å². The second-order valence-corrected chi connectivity index (χ2v) is 3.39. The van der Waals surface area contributed by atoms with Gasteiger partial charge >= 0.3 is 5.97 Å². The van der Waals surface area contributed by atoms with Gasteiger partial charge in [-0.3, -0.25) is 9.78 Å². The maximum atomic E-state index is 11.4. The van der Waals surface area contributed by atoms with Crippen LogP contribution in [0.2, 0.25) is 0 Å². The van der Waals surface area contributed by atoms with E-state index >= 15 is 0 Å². The van der Waals surface area contributed by atoms with Crippen LogP contribution in [0.15, 0.2) is 23.1 Å². The smallest absolute Gasteiger partial charge is 0.341 e. The normalized spacial score (nSPS) is 10.6. The topological polar surface area (TPSA) is 83.0 Å². The zero-order chi connectivity index (χ0) is 11.7. The predicted molar refractivity (Wildman–Crippen MR) is 58.7 cm³/mol. The largest absolute Gasteiger partial charge is 0.477 e. The minimum atomic E-state index is -1.23. The molecule has 0 saturated carbocycles. The lowest BCUT2D eigenvalue weighted by Gasteiger charge is -2.03. The zero-order valence-electron chi connectivity index (χ0n) is 8.65. The number of H-pyrrole nitrogens is 1. The fourth-order valence-corrected chi connectivity index (χ4v) is 1.63. The second kappa shape index (κ2) is 3.77. The van der Waals surface area contributed by atoms with E-state index in [0.717, 1.165) is 5.69 Å². The SMILES string of the molecule is CCc1nccc2[nH]c(=O)c(C(=O)O)cc12. The van der Waals surface area contributed by atoms with Crippen LogP contribution in [0.3, 0.4) is 0 Å². The molecule has 0 bridgehead atoms. The summed E-state index contributed by atoms with van der Waals surface area (Å²) in [6, 6.07) is 3.03. The summed E-state index contributed by atoms with van der Waals surface area (Å²) in [6.07, 6.45) is 2.28. The highest BCUT2D eigenvalue weighted by molar-refractivity contribution is 5.92. The molecule has 2 rings (SSSR count). The van der Waals surface area contributed by atoms with E-state index in [9.17, 15) is 9.59 Å². The van der Waals surface area contributed by atoms with Crippen molar-refractivity contribution in [1.82, 2.24) is 9.97 Å². The number of aryl methyl sites for hydroxylation is 1. The summed E-state index contributed by atoms with van der Waals surface area (Å²) in [5.41, 5.74) is 0.543. The number of nitrogens with one attached hydrogen (secondary N) is 1. The van der Waals surface area contributed by atoms with Gasteiger partial charge in [0.2, 0.25) is 0 Å². The lowest BCUT2D eigenvalue weighted by Crippen LogP contribution is -2.17. The van der Waals surface area contributed by atoms with Crippen molar-refractivity contribution in [3.63, 3.8) is 0 Å². The van der Waals surface area contributed by atoms with Gasteiger partial charge in [-0.25, -0.2) is 4.79 Å². The third-order valence-corrected chi connectivity index (χ3v) is 2.42. The van der Waals surface area contributed by atoms with Crippen molar-refractivity contribution in [3.05, 3.63) is 39.9 Å². The quantitative estimate of drug-likeness (QED) is 0.792. The van der Waals surface area contributed by atoms with Gasteiger partial charge in [0.25, 0.3) is 5.56 Å². The molecule has 2 aromatic rings. The molecule has 0 spiro atoms. The number of hydrogen-bond donors (Lipinski definition) is 2.